The van der Waals surface area contributed by atoms with Crippen LogP contribution in [0.4, 0.5) is 0 Å². The molecule has 5 heteroatoms. The van der Waals surface area contributed by atoms with E-state index in [1.165, 1.54) is 0 Å². The van der Waals surface area contributed by atoms with Crippen LogP contribution in [0.2, 0.25) is 0 Å². The van der Waals surface area contributed by atoms with E-state index in [1.807, 2.05) is 19.1 Å². The molecular formula is C16H15BrN2O2. The summed E-state index contributed by atoms with van der Waals surface area (Å²) in [5, 5.41) is 14.0. The van der Waals surface area contributed by atoms with Crippen molar-refractivity contribution in [3.63, 3.8) is 0 Å². The third-order valence-corrected chi connectivity index (χ3v) is 3.65. The van der Waals surface area contributed by atoms with E-state index in [9.17, 15) is 9.90 Å². The zero-order valence-electron chi connectivity index (χ0n) is 11.5. The Kier molecular flexibility index (Phi) is 5.11. The summed E-state index contributed by atoms with van der Waals surface area (Å²) >= 11 is 3.33. The molecule has 0 bridgehead atoms. The smallest absolute Gasteiger partial charge is 0.272 e. The maximum Gasteiger partial charge on any atom is 0.272 e. The standard InChI is InChI=1S/C16H15BrN2O2/c1-2-14(12-8-4-6-10-15(12)20)18-19-16(21)11-7-3-5-9-13(11)17/h3-10,20H,2H2,1H3,(H,19,21). The van der Waals surface area contributed by atoms with Crippen molar-refractivity contribution in [3.8, 4) is 5.75 Å². The van der Waals surface area contributed by atoms with E-state index in [1.54, 1.807) is 36.4 Å². The van der Waals surface area contributed by atoms with Crippen LogP contribution in [0.1, 0.15) is 29.3 Å². The van der Waals surface area contributed by atoms with E-state index < -0.39 is 0 Å². The second kappa shape index (κ2) is 7.04. The van der Waals surface area contributed by atoms with Gasteiger partial charge in [0.05, 0.1) is 11.3 Å². The van der Waals surface area contributed by atoms with Crippen molar-refractivity contribution in [2.24, 2.45) is 5.10 Å². The molecule has 108 valence electrons. The van der Waals surface area contributed by atoms with Crippen LogP contribution in [0.5, 0.6) is 5.75 Å². The molecule has 0 radical (unpaired) electrons. The predicted molar refractivity (Wildman–Crippen MR) is 86.5 cm³/mol. The molecular weight excluding hydrogens is 332 g/mol. The Morgan fingerprint density at radius 2 is 1.76 bits per heavy atom. The SMILES string of the molecule is CCC(=NNC(=O)c1ccccc1Br)c1ccccc1O. The molecule has 1 amide bonds. The average molecular weight is 347 g/mol. The van der Waals surface area contributed by atoms with Crippen LogP contribution in [-0.4, -0.2) is 16.7 Å². The number of halogens is 1. The summed E-state index contributed by atoms with van der Waals surface area (Å²) in [7, 11) is 0. The van der Waals surface area contributed by atoms with Crippen molar-refractivity contribution in [1.29, 1.82) is 0 Å². The van der Waals surface area contributed by atoms with Crippen LogP contribution < -0.4 is 5.43 Å². The number of hydrogen-bond acceptors (Lipinski definition) is 3. The van der Waals surface area contributed by atoms with Gasteiger partial charge in [-0.05, 0) is 46.6 Å². The molecule has 0 aliphatic rings. The molecule has 0 aliphatic carbocycles. The lowest BCUT2D eigenvalue weighted by Crippen LogP contribution is -2.20. The molecule has 2 rings (SSSR count). The number of carbonyl (C=O) groups is 1. The van der Waals surface area contributed by atoms with Crippen molar-refractivity contribution in [1.82, 2.24) is 5.43 Å². The molecule has 0 unspecified atom stereocenters. The Morgan fingerprint density at radius 3 is 2.38 bits per heavy atom. The van der Waals surface area contributed by atoms with Crippen LogP contribution >= 0.6 is 15.9 Å². The van der Waals surface area contributed by atoms with Gasteiger partial charge in [-0.2, -0.15) is 5.10 Å². The first kappa shape index (κ1) is 15.3. The molecule has 0 spiro atoms. The lowest BCUT2D eigenvalue weighted by molar-refractivity contribution is 0.0954. The van der Waals surface area contributed by atoms with E-state index in [-0.39, 0.29) is 11.7 Å². The fourth-order valence-corrected chi connectivity index (χ4v) is 2.34. The predicted octanol–water partition coefficient (Wildman–Crippen LogP) is 3.70. The van der Waals surface area contributed by atoms with Gasteiger partial charge in [-0.25, -0.2) is 5.43 Å². The first-order chi connectivity index (χ1) is 10.1. The molecule has 0 saturated carbocycles. The number of benzene rings is 2. The number of rotatable bonds is 4. The van der Waals surface area contributed by atoms with Gasteiger partial charge in [-0.1, -0.05) is 31.2 Å². The maximum atomic E-state index is 12.1. The zero-order chi connectivity index (χ0) is 15.2. The summed E-state index contributed by atoms with van der Waals surface area (Å²) in [5.41, 5.74) is 4.27. The summed E-state index contributed by atoms with van der Waals surface area (Å²) in [6.45, 7) is 1.91. The molecule has 0 saturated heterocycles. The fraction of sp³-hybridized carbons (Fsp3) is 0.125. The molecule has 2 aromatic rings. The first-order valence-electron chi connectivity index (χ1n) is 6.53. The Balaban J connectivity index is 2.21. The highest BCUT2D eigenvalue weighted by Gasteiger charge is 2.10. The highest BCUT2D eigenvalue weighted by Crippen LogP contribution is 2.18. The number of nitrogens with one attached hydrogen (secondary N) is 1. The summed E-state index contributed by atoms with van der Waals surface area (Å²) in [5.74, 6) is -0.155. The van der Waals surface area contributed by atoms with Gasteiger partial charge < -0.3 is 5.11 Å². The third kappa shape index (κ3) is 3.70. The number of aromatic hydroxyl groups is 1. The van der Waals surface area contributed by atoms with Crippen molar-refractivity contribution in [2.45, 2.75) is 13.3 Å². The monoisotopic (exact) mass is 346 g/mol. The molecule has 0 fully saturated rings. The lowest BCUT2D eigenvalue weighted by Gasteiger charge is -2.07. The Labute approximate surface area is 131 Å². The average Bonchev–Trinajstić information content (AvgIpc) is 2.49. The van der Waals surface area contributed by atoms with E-state index in [2.05, 4.69) is 26.5 Å². The lowest BCUT2D eigenvalue weighted by atomic mass is 10.1. The summed E-state index contributed by atoms with van der Waals surface area (Å²) in [6, 6.07) is 14.0. The van der Waals surface area contributed by atoms with Crippen LogP contribution in [0.3, 0.4) is 0 Å². The minimum absolute atomic E-state index is 0.147. The minimum atomic E-state index is -0.302. The van der Waals surface area contributed by atoms with Crippen LogP contribution in [-0.2, 0) is 0 Å². The zero-order valence-corrected chi connectivity index (χ0v) is 13.1. The number of phenols is 1. The Bertz CT molecular complexity index is 683. The van der Waals surface area contributed by atoms with Crippen LogP contribution in [0.15, 0.2) is 58.1 Å². The maximum absolute atomic E-state index is 12.1. The quantitative estimate of drug-likeness (QED) is 0.654. The third-order valence-electron chi connectivity index (χ3n) is 2.96. The molecule has 2 aromatic carbocycles. The summed E-state index contributed by atoms with van der Waals surface area (Å²) in [4.78, 5) is 12.1. The van der Waals surface area contributed by atoms with Gasteiger partial charge in [-0.15, -0.1) is 0 Å². The highest BCUT2D eigenvalue weighted by atomic mass is 79.9. The van der Waals surface area contributed by atoms with Crippen LogP contribution in [0, 0.1) is 0 Å². The second-order valence-corrected chi connectivity index (χ2v) is 5.20. The van der Waals surface area contributed by atoms with E-state index >= 15 is 0 Å². The molecule has 0 heterocycles. The molecule has 21 heavy (non-hydrogen) atoms. The number of carbonyl (C=O) groups excluding carboxylic acids is 1. The van der Waals surface area contributed by atoms with Crippen molar-refractivity contribution < 1.29 is 9.90 Å². The number of hydrazone groups is 1. The number of amides is 1. The molecule has 0 aliphatic heterocycles. The van der Waals surface area contributed by atoms with Crippen LogP contribution in [0.25, 0.3) is 0 Å². The topological polar surface area (TPSA) is 61.7 Å². The number of hydrogen-bond donors (Lipinski definition) is 2. The first-order valence-corrected chi connectivity index (χ1v) is 7.32. The van der Waals surface area contributed by atoms with Gasteiger partial charge in [0.2, 0.25) is 0 Å². The van der Waals surface area contributed by atoms with Crippen molar-refractivity contribution >= 4 is 27.5 Å². The summed E-state index contributed by atoms with van der Waals surface area (Å²) in [6.07, 6.45) is 0.591. The van der Waals surface area contributed by atoms with E-state index in [4.69, 9.17) is 0 Å². The van der Waals surface area contributed by atoms with Crippen molar-refractivity contribution in [2.75, 3.05) is 0 Å². The normalized spacial score (nSPS) is 11.2. The van der Waals surface area contributed by atoms with E-state index in [0.29, 0.717) is 27.7 Å². The highest BCUT2D eigenvalue weighted by molar-refractivity contribution is 9.10. The van der Waals surface area contributed by atoms with Gasteiger partial charge in [0.25, 0.3) is 5.91 Å². The second-order valence-electron chi connectivity index (χ2n) is 4.35. The fourth-order valence-electron chi connectivity index (χ4n) is 1.87. The van der Waals surface area contributed by atoms with Gasteiger partial charge in [0, 0.05) is 10.0 Å². The summed E-state index contributed by atoms with van der Waals surface area (Å²) < 4.78 is 0.707. The van der Waals surface area contributed by atoms with Gasteiger partial charge in [-0.3, -0.25) is 4.79 Å². The Hall–Kier alpha value is -2.14. The molecule has 0 atom stereocenters. The van der Waals surface area contributed by atoms with Gasteiger partial charge in [0.1, 0.15) is 5.75 Å². The minimum Gasteiger partial charge on any atom is -0.507 e. The molecule has 0 aromatic heterocycles. The number of phenolic OH excluding ortho intramolecular Hbond substituents is 1. The number of nitrogens with zero attached hydrogens (tertiary/aromatic N) is 1. The number of para-hydroxylation sites is 1. The van der Waals surface area contributed by atoms with Gasteiger partial charge >= 0.3 is 0 Å². The van der Waals surface area contributed by atoms with E-state index in [0.717, 1.165) is 0 Å². The van der Waals surface area contributed by atoms with Crippen molar-refractivity contribution in [3.05, 3.63) is 64.1 Å². The Morgan fingerprint density at radius 1 is 1.14 bits per heavy atom. The molecule has 2 N–H and O–H groups in total. The van der Waals surface area contributed by atoms with Gasteiger partial charge in [0.15, 0.2) is 0 Å². The molecule has 4 nitrogen and oxygen atoms in total. The largest absolute Gasteiger partial charge is 0.507 e.